The van der Waals surface area contributed by atoms with Gasteiger partial charge in [0.15, 0.2) is 0 Å². The maximum Gasteiger partial charge on any atom is 0.337 e. The van der Waals surface area contributed by atoms with Crippen LogP contribution in [0, 0.1) is 10.1 Å². The Morgan fingerprint density at radius 3 is 2.49 bits per heavy atom. The third-order valence-corrected chi connectivity index (χ3v) is 5.65. The van der Waals surface area contributed by atoms with Gasteiger partial charge in [-0.05, 0) is 49.5 Å². The quantitative estimate of drug-likeness (QED) is 0.237. The number of ether oxygens (including phenoxy) is 1. The van der Waals surface area contributed by atoms with Crippen molar-refractivity contribution in [1.82, 2.24) is 4.90 Å². The highest BCUT2D eigenvalue weighted by atomic mass is 16.6. The number of benzene rings is 3. The van der Waals surface area contributed by atoms with E-state index in [9.17, 15) is 19.7 Å². The zero-order chi connectivity index (χ0) is 25.1. The maximum absolute atomic E-state index is 13.1. The molecule has 0 fully saturated rings. The minimum absolute atomic E-state index is 0.0358. The van der Waals surface area contributed by atoms with Gasteiger partial charge in [-0.25, -0.2) is 4.79 Å². The van der Waals surface area contributed by atoms with E-state index >= 15 is 0 Å². The molecule has 0 saturated carbocycles. The van der Waals surface area contributed by atoms with Crippen LogP contribution in [0.1, 0.15) is 33.0 Å². The fraction of sp³-hybridized carbons (Fsp3) is 0.192. The summed E-state index contributed by atoms with van der Waals surface area (Å²) in [5.41, 5.74) is 3.52. The van der Waals surface area contributed by atoms with E-state index in [1.807, 2.05) is 49.3 Å². The van der Waals surface area contributed by atoms with Crippen LogP contribution < -0.4 is 5.32 Å². The number of nitrogens with zero attached hydrogens (tertiary/aromatic N) is 3. The Morgan fingerprint density at radius 2 is 1.83 bits per heavy atom. The number of methoxy groups -OCH3 is 1. The number of amides is 1. The van der Waals surface area contributed by atoms with Gasteiger partial charge in [-0.2, -0.15) is 0 Å². The van der Waals surface area contributed by atoms with Crippen molar-refractivity contribution < 1.29 is 19.2 Å². The number of hydrogen-bond acceptors (Lipinski definition) is 7. The van der Waals surface area contributed by atoms with Crippen LogP contribution in [0.2, 0.25) is 0 Å². The van der Waals surface area contributed by atoms with Gasteiger partial charge >= 0.3 is 5.97 Å². The van der Waals surface area contributed by atoms with Crippen molar-refractivity contribution in [2.75, 3.05) is 26.5 Å². The van der Waals surface area contributed by atoms with Crippen LogP contribution in [0.15, 0.2) is 71.7 Å². The summed E-state index contributed by atoms with van der Waals surface area (Å²) >= 11 is 0. The lowest BCUT2D eigenvalue weighted by Crippen LogP contribution is -2.22. The van der Waals surface area contributed by atoms with Crippen molar-refractivity contribution in [1.29, 1.82) is 0 Å². The number of rotatable bonds is 7. The van der Waals surface area contributed by atoms with E-state index in [1.165, 1.54) is 13.2 Å². The summed E-state index contributed by atoms with van der Waals surface area (Å²) in [5, 5.41) is 14.6. The molecular formula is C26H24N4O5. The fourth-order valence-electron chi connectivity index (χ4n) is 4.09. The molecule has 1 heterocycles. The molecule has 35 heavy (non-hydrogen) atoms. The predicted molar refractivity (Wildman–Crippen MR) is 132 cm³/mol. The standard InChI is InChI=1S/C26H24N4O5/c1-29(2)15-18-9-11-19(14-22(18)30(33)34)27-24(16-7-5-4-6-8-16)23-20-12-10-17(26(32)35-3)13-21(20)28-25(23)31/h4-14,23H,15H2,1-3H3,(H,28,31). The Bertz CT molecular complexity index is 1330. The Morgan fingerprint density at radius 1 is 1.09 bits per heavy atom. The summed E-state index contributed by atoms with van der Waals surface area (Å²) in [5.74, 6) is -1.57. The second-order valence-electron chi connectivity index (χ2n) is 8.39. The number of carbonyl (C=O) groups excluding carboxylic acids is 2. The number of nitro groups is 1. The van der Waals surface area contributed by atoms with E-state index in [0.29, 0.717) is 45.9 Å². The van der Waals surface area contributed by atoms with Gasteiger partial charge < -0.3 is 15.0 Å². The van der Waals surface area contributed by atoms with Gasteiger partial charge in [0.05, 0.1) is 29.0 Å². The predicted octanol–water partition coefficient (Wildman–Crippen LogP) is 4.30. The summed E-state index contributed by atoms with van der Waals surface area (Å²) < 4.78 is 4.78. The first kappa shape index (κ1) is 23.8. The van der Waals surface area contributed by atoms with E-state index in [-0.39, 0.29) is 11.6 Å². The van der Waals surface area contributed by atoms with E-state index in [2.05, 4.69) is 5.32 Å². The maximum atomic E-state index is 13.1. The number of esters is 1. The van der Waals surface area contributed by atoms with Crippen molar-refractivity contribution in [2.45, 2.75) is 12.5 Å². The number of hydrogen-bond donors (Lipinski definition) is 1. The number of fused-ring (bicyclic) bond motifs is 1. The largest absolute Gasteiger partial charge is 0.465 e. The molecule has 178 valence electrons. The first-order valence-electron chi connectivity index (χ1n) is 10.9. The smallest absolute Gasteiger partial charge is 0.337 e. The highest BCUT2D eigenvalue weighted by Gasteiger charge is 2.36. The molecule has 0 spiro atoms. The van der Waals surface area contributed by atoms with E-state index < -0.39 is 16.8 Å². The van der Waals surface area contributed by atoms with Crippen LogP contribution in [0.4, 0.5) is 17.1 Å². The topological polar surface area (TPSA) is 114 Å². The Labute approximate surface area is 202 Å². The fourth-order valence-corrected chi connectivity index (χ4v) is 4.09. The van der Waals surface area contributed by atoms with Crippen molar-refractivity contribution in [3.05, 3.63) is 99.1 Å². The second-order valence-corrected chi connectivity index (χ2v) is 8.39. The van der Waals surface area contributed by atoms with Gasteiger partial charge in [-0.15, -0.1) is 0 Å². The summed E-state index contributed by atoms with van der Waals surface area (Å²) in [6, 6.07) is 18.9. The Balaban J connectivity index is 1.84. The highest BCUT2D eigenvalue weighted by Crippen LogP contribution is 2.37. The highest BCUT2D eigenvalue weighted by molar-refractivity contribution is 6.24. The number of anilines is 1. The molecule has 4 rings (SSSR count). The molecule has 3 aromatic carbocycles. The molecule has 9 heteroatoms. The number of nitrogens with one attached hydrogen (secondary N) is 1. The lowest BCUT2D eigenvalue weighted by atomic mass is 9.90. The molecule has 0 aliphatic carbocycles. The molecule has 1 amide bonds. The van der Waals surface area contributed by atoms with Gasteiger partial charge in [-0.1, -0.05) is 36.4 Å². The molecule has 0 saturated heterocycles. The molecule has 0 bridgehead atoms. The molecule has 1 atom stereocenters. The van der Waals surface area contributed by atoms with Crippen molar-refractivity contribution in [3.63, 3.8) is 0 Å². The third kappa shape index (κ3) is 4.95. The first-order valence-corrected chi connectivity index (χ1v) is 10.9. The number of nitro benzene ring substituents is 1. The van der Waals surface area contributed by atoms with Gasteiger partial charge in [0.1, 0.15) is 5.92 Å². The Hall–Kier alpha value is -4.37. The zero-order valence-corrected chi connectivity index (χ0v) is 19.5. The van der Waals surface area contributed by atoms with E-state index in [4.69, 9.17) is 9.73 Å². The molecule has 3 aromatic rings. The normalized spacial score (nSPS) is 15.0. The molecule has 1 N–H and O–H groups in total. The van der Waals surface area contributed by atoms with Crippen molar-refractivity contribution in [3.8, 4) is 0 Å². The molecule has 1 unspecified atom stereocenters. The molecule has 1 aliphatic heterocycles. The average molecular weight is 473 g/mol. The lowest BCUT2D eigenvalue weighted by molar-refractivity contribution is -0.385. The molecular weight excluding hydrogens is 448 g/mol. The van der Waals surface area contributed by atoms with Gasteiger partial charge in [-0.3, -0.25) is 19.9 Å². The van der Waals surface area contributed by atoms with Crippen LogP contribution in [0.3, 0.4) is 0 Å². The zero-order valence-electron chi connectivity index (χ0n) is 19.5. The van der Waals surface area contributed by atoms with Crippen LogP contribution in [-0.2, 0) is 16.1 Å². The monoisotopic (exact) mass is 472 g/mol. The SMILES string of the molecule is COC(=O)c1ccc2c(c1)NC(=O)C2C(=Nc1ccc(CN(C)C)c([N+](=O)[O-])c1)c1ccccc1. The van der Waals surface area contributed by atoms with Crippen LogP contribution in [-0.4, -0.2) is 48.6 Å². The lowest BCUT2D eigenvalue weighted by Gasteiger charge is -2.15. The molecule has 0 radical (unpaired) electrons. The summed E-state index contributed by atoms with van der Waals surface area (Å²) in [6.45, 7) is 0.410. The van der Waals surface area contributed by atoms with Crippen molar-refractivity contribution >= 4 is 34.7 Å². The molecule has 9 nitrogen and oxygen atoms in total. The van der Waals surface area contributed by atoms with Gasteiger partial charge in [0.2, 0.25) is 5.91 Å². The minimum atomic E-state index is -0.764. The van der Waals surface area contributed by atoms with E-state index in [0.717, 1.165) is 0 Å². The molecule has 0 aromatic heterocycles. The molecule has 1 aliphatic rings. The van der Waals surface area contributed by atoms with Crippen molar-refractivity contribution in [2.24, 2.45) is 4.99 Å². The van der Waals surface area contributed by atoms with Gasteiger partial charge in [0, 0.05) is 23.9 Å². The van der Waals surface area contributed by atoms with Crippen LogP contribution in [0.25, 0.3) is 0 Å². The Kier molecular flexibility index (Phi) is 6.70. The first-order chi connectivity index (χ1) is 16.8. The van der Waals surface area contributed by atoms with Crippen LogP contribution in [0.5, 0.6) is 0 Å². The number of aliphatic imine (C=N–C) groups is 1. The second kappa shape index (κ2) is 9.86. The minimum Gasteiger partial charge on any atom is -0.465 e. The summed E-state index contributed by atoms with van der Waals surface area (Å²) in [4.78, 5) is 43.0. The van der Waals surface area contributed by atoms with Crippen LogP contribution >= 0.6 is 0 Å². The third-order valence-electron chi connectivity index (χ3n) is 5.65. The average Bonchev–Trinajstić information content (AvgIpc) is 3.17. The summed E-state index contributed by atoms with van der Waals surface area (Å²) in [7, 11) is 4.97. The van der Waals surface area contributed by atoms with Gasteiger partial charge in [0.25, 0.3) is 5.69 Å². The van der Waals surface area contributed by atoms with E-state index in [1.54, 1.807) is 30.3 Å². The number of carbonyl (C=O) groups is 2. The summed E-state index contributed by atoms with van der Waals surface area (Å²) in [6.07, 6.45) is 0.